The molecular formula is C18H12ClN5O2. The number of hydrazone groups is 1. The van der Waals surface area contributed by atoms with Crippen LogP contribution in [-0.2, 0) is 0 Å². The summed E-state index contributed by atoms with van der Waals surface area (Å²) in [5.41, 5.74) is 6.09. The number of halogens is 1. The second kappa shape index (κ2) is 5.89. The first-order valence-corrected chi connectivity index (χ1v) is 8.28. The number of fused-ring (bicyclic) bond motifs is 3. The van der Waals surface area contributed by atoms with E-state index in [1.165, 1.54) is 0 Å². The molecule has 0 spiro atoms. The molecule has 0 amide bonds. The fourth-order valence-corrected chi connectivity index (χ4v) is 3.01. The lowest BCUT2D eigenvalue weighted by atomic mass is 10.1. The smallest absolute Gasteiger partial charge is 0.231 e. The highest BCUT2D eigenvalue weighted by molar-refractivity contribution is 6.32. The molecule has 3 heterocycles. The molecule has 0 radical (unpaired) electrons. The zero-order valence-corrected chi connectivity index (χ0v) is 14.1. The van der Waals surface area contributed by atoms with Crippen LogP contribution in [0.1, 0.15) is 5.56 Å². The molecule has 0 aliphatic carbocycles. The number of aromatic nitrogens is 3. The van der Waals surface area contributed by atoms with Crippen LogP contribution in [0, 0.1) is 0 Å². The summed E-state index contributed by atoms with van der Waals surface area (Å²) < 4.78 is 10.8. The summed E-state index contributed by atoms with van der Waals surface area (Å²) in [5, 5.41) is 5.44. The lowest BCUT2D eigenvalue weighted by Crippen LogP contribution is -1.94. The molecule has 0 fully saturated rings. The number of nitrogens with one attached hydrogen (secondary N) is 2. The van der Waals surface area contributed by atoms with Gasteiger partial charge in [0.15, 0.2) is 11.5 Å². The number of H-pyrrole nitrogens is 1. The number of benzene rings is 2. The average Bonchev–Trinajstić information content (AvgIpc) is 3.26. The number of rotatable bonds is 3. The van der Waals surface area contributed by atoms with E-state index in [1.807, 2.05) is 42.5 Å². The summed E-state index contributed by atoms with van der Waals surface area (Å²) in [7, 11) is 0. The standard InChI is InChI=1S/C18H12ClN5O2/c19-17-11(5-10-6-15-16(26-9-25-15)7-14(10)21-17)8-20-24-18-22-12-3-1-2-4-13(12)23-18/h1-8H,9H2,(H2,22,23,24). The van der Waals surface area contributed by atoms with Crippen LogP contribution in [0.15, 0.2) is 47.6 Å². The number of hydrogen-bond donors (Lipinski definition) is 2. The second-order valence-electron chi connectivity index (χ2n) is 5.74. The highest BCUT2D eigenvalue weighted by Gasteiger charge is 2.15. The van der Waals surface area contributed by atoms with Crippen molar-refractivity contribution >= 4 is 45.7 Å². The van der Waals surface area contributed by atoms with Crippen molar-refractivity contribution in [1.82, 2.24) is 15.0 Å². The van der Waals surface area contributed by atoms with Crippen molar-refractivity contribution < 1.29 is 9.47 Å². The van der Waals surface area contributed by atoms with Gasteiger partial charge in [-0.15, -0.1) is 0 Å². The van der Waals surface area contributed by atoms with E-state index in [9.17, 15) is 0 Å². The van der Waals surface area contributed by atoms with Gasteiger partial charge in [-0.1, -0.05) is 23.7 Å². The number of pyridine rings is 1. The summed E-state index contributed by atoms with van der Waals surface area (Å²) in [6.07, 6.45) is 1.60. The molecule has 0 atom stereocenters. The first-order chi connectivity index (χ1) is 12.8. The largest absolute Gasteiger partial charge is 0.454 e. The first kappa shape index (κ1) is 15.0. The molecule has 1 aliphatic heterocycles. The minimum absolute atomic E-state index is 0.217. The molecule has 0 unspecified atom stereocenters. The summed E-state index contributed by atoms with van der Waals surface area (Å²) in [5.74, 6) is 1.93. The van der Waals surface area contributed by atoms with Crippen LogP contribution in [-0.4, -0.2) is 28.0 Å². The molecule has 128 valence electrons. The Morgan fingerprint density at radius 3 is 2.81 bits per heavy atom. The van der Waals surface area contributed by atoms with Crippen LogP contribution in [0.4, 0.5) is 5.95 Å². The lowest BCUT2D eigenvalue weighted by molar-refractivity contribution is 0.174. The van der Waals surface area contributed by atoms with Gasteiger partial charge in [-0.3, -0.25) is 0 Å². The maximum Gasteiger partial charge on any atom is 0.231 e. The minimum Gasteiger partial charge on any atom is -0.454 e. The number of ether oxygens (including phenoxy) is 2. The van der Waals surface area contributed by atoms with Gasteiger partial charge >= 0.3 is 0 Å². The van der Waals surface area contributed by atoms with Crippen LogP contribution < -0.4 is 14.9 Å². The number of hydrogen-bond acceptors (Lipinski definition) is 6. The molecule has 0 saturated heterocycles. The van der Waals surface area contributed by atoms with Gasteiger partial charge in [0.05, 0.1) is 22.8 Å². The summed E-state index contributed by atoms with van der Waals surface area (Å²) in [6, 6.07) is 13.3. The van der Waals surface area contributed by atoms with Gasteiger partial charge in [0, 0.05) is 17.0 Å². The Morgan fingerprint density at radius 1 is 1.08 bits per heavy atom. The highest BCUT2D eigenvalue weighted by Crippen LogP contribution is 2.36. The van der Waals surface area contributed by atoms with Crippen molar-refractivity contribution in [2.24, 2.45) is 5.10 Å². The number of anilines is 1. The van der Waals surface area contributed by atoms with Crippen molar-refractivity contribution in [3.8, 4) is 11.5 Å². The molecule has 5 rings (SSSR count). The van der Waals surface area contributed by atoms with Crippen molar-refractivity contribution in [2.45, 2.75) is 0 Å². The first-order valence-electron chi connectivity index (χ1n) is 7.90. The van der Waals surface area contributed by atoms with E-state index < -0.39 is 0 Å². The van der Waals surface area contributed by atoms with Gasteiger partial charge in [-0.25, -0.2) is 15.4 Å². The predicted octanol–water partition coefficient (Wildman–Crippen LogP) is 3.94. The maximum absolute atomic E-state index is 6.27. The van der Waals surface area contributed by atoms with E-state index in [0.29, 0.717) is 28.2 Å². The molecule has 2 aromatic heterocycles. The van der Waals surface area contributed by atoms with Crippen molar-refractivity contribution in [1.29, 1.82) is 0 Å². The normalized spacial score (nSPS) is 13.1. The van der Waals surface area contributed by atoms with Crippen LogP contribution in [0.2, 0.25) is 5.15 Å². The Bertz CT molecular complexity index is 1140. The quantitative estimate of drug-likeness (QED) is 0.326. The third kappa shape index (κ3) is 2.58. The second-order valence-corrected chi connectivity index (χ2v) is 6.10. The third-order valence-electron chi connectivity index (χ3n) is 4.05. The van der Waals surface area contributed by atoms with E-state index in [-0.39, 0.29) is 6.79 Å². The van der Waals surface area contributed by atoms with Crippen molar-refractivity contribution in [3.05, 3.63) is 53.2 Å². The summed E-state index contributed by atoms with van der Waals surface area (Å²) >= 11 is 6.27. The van der Waals surface area contributed by atoms with Crippen LogP contribution >= 0.6 is 11.6 Å². The molecule has 1 aliphatic rings. The lowest BCUT2D eigenvalue weighted by Gasteiger charge is -2.04. The van der Waals surface area contributed by atoms with Gasteiger partial charge in [0.2, 0.25) is 12.7 Å². The monoisotopic (exact) mass is 365 g/mol. The molecule has 4 aromatic rings. The van der Waals surface area contributed by atoms with Crippen LogP contribution in [0.3, 0.4) is 0 Å². The number of nitrogens with zero attached hydrogens (tertiary/aromatic N) is 3. The molecule has 8 heteroatoms. The predicted molar refractivity (Wildman–Crippen MR) is 100 cm³/mol. The van der Waals surface area contributed by atoms with Crippen LogP contribution in [0.25, 0.3) is 21.9 Å². The van der Waals surface area contributed by atoms with Gasteiger partial charge in [-0.05, 0) is 24.3 Å². The topological polar surface area (TPSA) is 84.4 Å². The molecule has 26 heavy (non-hydrogen) atoms. The van der Waals surface area contributed by atoms with E-state index in [4.69, 9.17) is 21.1 Å². The highest BCUT2D eigenvalue weighted by atomic mass is 35.5. The zero-order chi connectivity index (χ0) is 17.5. The zero-order valence-electron chi connectivity index (χ0n) is 13.4. The number of para-hydroxylation sites is 2. The number of imidazole rings is 1. The number of aromatic amines is 1. The minimum atomic E-state index is 0.217. The third-order valence-corrected chi connectivity index (χ3v) is 4.36. The van der Waals surface area contributed by atoms with E-state index >= 15 is 0 Å². The molecule has 2 N–H and O–H groups in total. The summed E-state index contributed by atoms with van der Waals surface area (Å²) in [6.45, 7) is 0.217. The van der Waals surface area contributed by atoms with Crippen molar-refractivity contribution in [3.63, 3.8) is 0 Å². The fraction of sp³-hybridized carbons (Fsp3) is 0.0556. The van der Waals surface area contributed by atoms with E-state index in [2.05, 4.69) is 25.5 Å². The van der Waals surface area contributed by atoms with Crippen LogP contribution in [0.5, 0.6) is 11.5 Å². The Morgan fingerprint density at radius 2 is 1.92 bits per heavy atom. The Labute approximate surface area is 152 Å². The Hall–Kier alpha value is -3.32. The van der Waals surface area contributed by atoms with Gasteiger partial charge in [-0.2, -0.15) is 5.10 Å². The Balaban J connectivity index is 1.43. The Kier molecular flexibility index (Phi) is 3.39. The van der Waals surface area contributed by atoms with E-state index in [0.717, 1.165) is 21.9 Å². The van der Waals surface area contributed by atoms with Gasteiger partial charge < -0.3 is 14.5 Å². The summed E-state index contributed by atoms with van der Waals surface area (Å²) in [4.78, 5) is 11.9. The fourth-order valence-electron chi connectivity index (χ4n) is 2.82. The maximum atomic E-state index is 6.27. The molecule has 0 saturated carbocycles. The average molecular weight is 366 g/mol. The molecular weight excluding hydrogens is 354 g/mol. The molecule has 2 aromatic carbocycles. The molecule has 7 nitrogen and oxygen atoms in total. The van der Waals surface area contributed by atoms with E-state index in [1.54, 1.807) is 6.21 Å². The molecule has 0 bridgehead atoms. The van der Waals surface area contributed by atoms with Crippen molar-refractivity contribution in [2.75, 3.05) is 12.2 Å². The SMILES string of the molecule is Clc1nc2cc3c(cc2cc1C=NNc1nc2ccccc2[nH]1)OCO3. The van der Waals surface area contributed by atoms with Gasteiger partial charge in [0.25, 0.3) is 0 Å². The van der Waals surface area contributed by atoms with Gasteiger partial charge in [0.1, 0.15) is 5.15 Å².